The van der Waals surface area contributed by atoms with Crippen molar-refractivity contribution in [2.45, 2.75) is 65.1 Å². The molecule has 0 saturated carbocycles. The van der Waals surface area contributed by atoms with Gasteiger partial charge in [-0.1, -0.05) is 0 Å². The third-order valence-electron chi connectivity index (χ3n) is 4.29. The molecule has 0 radical (unpaired) electrons. The first kappa shape index (κ1) is 21.3. The SMILES string of the molecule is CN=N/C(=C/N(C)C(C)C)N(C)[C@@H]1CCCN(C(=O)OC(C)(C)C)C1. The third kappa shape index (κ3) is 6.92. The molecule has 0 aromatic carbocycles. The van der Waals surface area contributed by atoms with Gasteiger partial charge < -0.3 is 19.4 Å². The predicted molar refractivity (Wildman–Crippen MR) is 100 cm³/mol. The standard InChI is InChI=1S/C18H35N5O2/c1-14(2)21(7)13-16(20-19-6)22(8)15-10-9-11-23(12-15)17(24)25-18(3,4)5/h13-15H,9-12H2,1-8H3/b16-13-,20-19?/t15-/m1/s1. The maximum atomic E-state index is 12.4. The van der Waals surface area contributed by atoms with Crippen molar-refractivity contribution in [2.24, 2.45) is 10.2 Å². The minimum absolute atomic E-state index is 0.193. The number of carbonyl (C=O) groups excluding carboxylic acids is 1. The van der Waals surface area contributed by atoms with Gasteiger partial charge in [0.05, 0.1) is 0 Å². The Morgan fingerprint density at radius 2 is 1.96 bits per heavy atom. The molecule has 1 rings (SSSR count). The highest BCUT2D eigenvalue weighted by molar-refractivity contribution is 5.68. The molecule has 1 heterocycles. The zero-order valence-electron chi connectivity index (χ0n) is 17.1. The molecule has 0 N–H and O–H groups in total. The summed E-state index contributed by atoms with van der Waals surface area (Å²) >= 11 is 0. The Labute approximate surface area is 152 Å². The van der Waals surface area contributed by atoms with Crippen LogP contribution in [-0.4, -0.2) is 72.7 Å². The van der Waals surface area contributed by atoms with Gasteiger partial charge in [0.15, 0.2) is 5.82 Å². The van der Waals surface area contributed by atoms with Crippen molar-refractivity contribution >= 4 is 6.09 Å². The molecule has 1 fully saturated rings. The van der Waals surface area contributed by atoms with Crippen LogP contribution in [0.15, 0.2) is 22.2 Å². The molecule has 25 heavy (non-hydrogen) atoms. The van der Waals surface area contributed by atoms with Crippen LogP contribution in [0.3, 0.4) is 0 Å². The van der Waals surface area contributed by atoms with Crippen LogP contribution >= 0.6 is 0 Å². The van der Waals surface area contributed by atoms with Crippen molar-refractivity contribution in [3.63, 3.8) is 0 Å². The Balaban J connectivity index is 2.85. The molecule has 1 saturated heterocycles. The van der Waals surface area contributed by atoms with Gasteiger partial charge in [-0.15, -0.1) is 5.11 Å². The molecule has 0 bridgehead atoms. The average Bonchev–Trinajstić information content (AvgIpc) is 2.52. The fourth-order valence-electron chi connectivity index (χ4n) is 2.57. The number of amides is 1. The van der Waals surface area contributed by atoms with Gasteiger partial charge in [0.1, 0.15) is 5.60 Å². The van der Waals surface area contributed by atoms with E-state index in [1.807, 2.05) is 41.1 Å². The number of rotatable bonds is 5. The number of ether oxygens (including phenoxy) is 1. The summed E-state index contributed by atoms with van der Waals surface area (Å²) in [4.78, 5) is 18.4. The van der Waals surface area contributed by atoms with Crippen LogP contribution in [0.5, 0.6) is 0 Å². The van der Waals surface area contributed by atoms with E-state index in [1.54, 1.807) is 11.9 Å². The highest BCUT2D eigenvalue weighted by Crippen LogP contribution is 2.21. The minimum Gasteiger partial charge on any atom is -0.444 e. The van der Waals surface area contributed by atoms with E-state index < -0.39 is 5.60 Å². The second-order valence-electron chi connectivity index (χ2n) is 7.88. The van der Waals surface area contributed by atoms with Crippen LogP contribution in [0.25, 0.3) is 0 Å². The van der Waals surface area contributed by atoms with E-state index in [-0.39, 0.29) is 12.1 Å². The molecule has 1 amide bonds. The molecule has 0 aromatic heterocycles. The number of hydrogen-bond donors (Lipinski definition) is 0. The van der Waals surface area contributed by atoms with E-state index in [2.05, 4.69) is 33.9 Å². The Hall–Kier alpha value is -1.79. The summed E-state index contributed by atoms with van der Waals surface area (Å²) in [7, 11) is 5.71. The molecule has 1 aliphatic rings. The molecule has 0 aliphatic carbocycles. The normalized spacial score (nSPS) is 19.5. The van der Waals surface area contributed by atoms with Gasteiger partial charge in [-0.3, -0.25) is 0 Å². The molecule has 0 aromatic rings. The second kappa shape index (κ2) is 9.06. The van der Waals surface area contributed by atoms with Crippen molar-refractivity contribution in [2.75, 3.05) is 34.2 Å². The van der Waals surface area contributed by atoms with Crippen molar-refractivity contribution in [3.8, 4) is 0 Å². The van der Waals surface area contributed by atoms with Crippen LogP contribution in [0.2, 0.25) is 0 Å². The smallest absolute Gasteiger partial charge is 0.410 e. The first-order valence-electron chi connectivity index (χ1n) is 8.99. The van der Waals surface area contributed by atoms with Crippen LogP contribution in [0.1, 0.15) is 47.5 Å². The van der Waals surface area contributed by atoms with E-state index in [0.717, 1.165) is 25.2 Å². The molecular formula is C18H35N5O2. The van der Waals surface area contributed by atoms with Crippen LogP contribution < -0.4 is 0 Å². The maximum Gasteiger partial charge on any atom is 0.410 e. The Kier molecular flexibility index (Phi) is 7.70. The van der Waals surface area contributed by atoms with Crippen molar-refractivity contribution < 1.29 is 9.53 Å². The lowest BCUT2D eigenvalue weighted by Gasteiger charge is -2.39. The number of piperidine rings is 1. The summed E-state index contributed by atoms with van der Waals surface area (Å²) in [5, 5.41) is 8.24. The summed E-state index contributed by atoms with van der Waals surface area (Å²) in [6.45, 7) is 11.3. The lowest BCUT2D eigenvalue weighted by Crippen LogP contribution is -2.49. The topological polar surface area (TPSA) is 60.7 Å². The molecule has 7 nitrogen and oxygen atoms in total. The first-order chi connectivity index (χ1) is 11.5. The van der Waals surface area contributed by atoms with Gasteiger partial charge >= 0.3 is 6.09 Å². The molecule has 1 atom stereocenters. The quantitative estimate of drug-likeness (QED) is 0.709. The Bertz CT molecular complexity index is 496. The van der Waals surface area contributed by atoms with Gasteiger partial charge in [-0.05, 0) is 47.5 Å². The lowest BCUT2D eigenvalue weighted by molar-refractivity contribution is 0.0142. The van der Waals surface area contributed by atoms with Crippen molar-refractivity contribution in [1.82, 2.24) is 14.7 Å². The number of hydrogen-bond acceptors (Lipinski definition) is 6. The van der Waals surface area contributed by atoms with Gasteiger partial charge in [0.25, 0.3) is 0 Å². The summed E-state index contributed by atoms with van der Waals surface area (Å²) < 4.78 is 5.51. The summed E-state index contributed by atoms with van der Waals surface area (Å²) in [6, 6.07) is 0.568. The number of likely N-dealkylation sites (N-methyl/N-ethyl adjacent to an activating group) is 1. The third-order valence-corrected chi connectivity index (χ3v) is 4.29. The Morgan fingerprint density at radius 3 is 2.48 bits per heavy atom. The van der Waals surface area contributed by atoms with Gasteiger partial charge in [0.2, 0.25) is 0 Å². The fourth-order valence-corrected chi connectivity index (χ4v) is 2.57. The van der Waals surface area contributed by atoms with Gasteiger partial charge in [-0.25, -0.2) is 4.79 Å². The second-order valence-corrected chi connectivity index (χ2v) is 7.88. The van der Waals surface area contributed by atoms with Crippen molar-refractivity contribution in [3.05, 3.63) is 12.0 Å². The molecule has 0 unspecified atom stereocenters. The number of carbonyl (C=O) groups is 1. The number of nitrogens with zero attached hydrogens (tertiary/aromatic N) is 5. The fraction of sp³-hybridized carbons (Fsp3) is 0.833. The summed E-state index contributed by atoms with van der Waals surface area (Å²) in [5.41, 5.74) is -0.475. The minimum atomic E-state index is -0.475. The van der Waals surface area contributed by atoms with E-state index in [9.17, 15) is 4.79 Å². The monoisotopic (exact) mass is 353 g/mol. The van der Waals surface area contributed by atoms with Crippen LogP contribution in [0, 0.1) is 0 Å². The average molecular weight is 354 g/mol. The lowest BCUT2D eigenvalue weighted by atomic mass is 10.0. The molecule has 7 heteroatoms. The van der Waals surface area contributed by atoms with Crippen LogP contribution in [-0.2, 0) is 4.74 Å². The number of likely N-dealkylation sites (tertiary alicyclic amines) is 1. The van der Waals surface area contributed by atoms with E-state index in [0.29, 0.717) is 12.6 Å². The number of azo groups is 1. The van der Waals surface area contributed by atoms with Gasteiger partial charge in [-0.2, -0.15) is 5.11 Å². The zero-order valence-corrected chi connectivity index (χ0v) is 17.1. The van der Waals surface area contributed by atoms with Gasteiger partial charge in [0, 0.05) is 52.5 Å². The summed E-state index contributed by atoms with van der Waals surface area (Å²) in [5.74, 6) is 0.801. The summed E-state index contributed by atoms with van der Waals surface area (Å²) in [6.07, 6.45) is 3.72. The first-order valence-corrected chi connectivity index (χ1v) is 8.99. The molecule has 0 spiro atoms. The molecule has 144 valence electrons. The Morgan fingerprint density at radius 1 is 1.32 bits per heavy atom. The van der Waals surface area contributed by atoms with E-state index in [4.69, 9.17) is 4.74 Å². The predicted octanol–water partition coefficient (Wildman–Crippen LogP) is 3.54. The van der Waals surface area contributed by atoms with Crippen LogP contribution in [0.4, 0.5) is 4.79 Å². The van der Waals surface area contributed by atoms with Crippen molar-refractivity contribution in [1.29, 1.82) is 0 Å². The zero-order chi connectivity index (χ0) is 19.2. The maximum absolute atomic E-state index is 12.4. The molecular weight excluding hydrogens is 318 g/mol. The van der Waals surface area contributed by atoms with E-state index in [1.165, 1.54) is 0 Å². The van der Waals surface area contributed by atoms with E-state index >= 15 is 0 Å². The largest absolute Gasteiger partial charge is 0.444 e. The molecule has 1 aliphatic heterocycles. The highest BCUT2D eigenvalue weighted by atomic mass is 16.6. The highest BCUT2D eigenvalue weighted by Gasteiger charge is 2.30.